The first-order valence-corrected chi connectivity index (χ1v) is 14.4. The van der Waals surface area contributed by atoms with E-state index in [0.717, 1.165) is 43.1 Å². The number of carbonyl (C=O) groups is 2. The van der Waals surface area contributed by atoms with Gasteiger partial charge in [0.25, 0.3) is 11.8 Å². The molecule has 2 aliphatic rings. The summed E-state index contributed by atoms with van der Waals surface area (Å²) in [6, 6.07) is 13.6. The summed E-state index contributed by atoms with van der Waals surface area (Å²) >= 11 is 0. The number of aliphatic hydroxyl groups excluding tert-OH is 1. The lowest BCUT2D eigenvalue weighted by Crippen LogP contribution is -2.26. The van der Waals surface area contributed by atoms with Crippen molar-refractivity contribution in [2.45, 2.75) is 64.5 Å². The maximum atomic E-state index is 13.7. The Hall–Kier alpha value is -4.08. The third kappa shape index (κ3) is 6.69. The first kappa shape index (κ1) is 29.4. The molecular weight excluding hydrogens is 547 g/mol. The molecular formula is C32H34F3N3O4. The van der Waals surface area contributed by atoms with Crippen LogP contribution in [0.5, 0.6) is 0 Å². The van der Waals surface area contributed by atoms with Gasteiger partial charge in [0.15, 0.2) is 11.6 Å². The zero-order valence-corrected chi connectivity index (χ0v) is 23.4. The van der Waals surface area contributed by atoms with Crippen LogP contribution in [-0.2, 0) is 12.6 Å². The lowest BCUT2D eigenvalue weighted by Gasteiger charge is -2.26. The number of nitrogens with one attached hydrogen (secondary N) is 1. The molecule has 1 saturated carbocycles. The minimum atomic E-state index is -4.82. The van der Waals surface area contributed by atoms with Crippen molar-refractivity contribution in [2.75, 3.05) is 11.9 Å². The minimum Gasteiger partial charge on any atom is -0.514 e. The Kier molecular flexibility index (Phi) is 8.70. The molecule has 1 saturated heterocycles. The molecule has 1 unspecified atom stereocenters. The van der Waals surface area contributed by atoms with E-state index < -0.39 is 23.5 Å². The highest BCUT2D eigenvalue weighted by atomic mass is 19.4. The van der Waals surface area contributed by atoms with Gasteiger partial charge in [0.1, 0.15) is 0 Å². The number of hydrogen-bond acceptors (Lipinski definition) is 5. The number of amides is 2. The van der Waals surface area contributed by atoms with Gasteiger partial charge in [0.2, 0.25) is 5.76 Å². The van der Waals surface area contributed by atoms with Crippen LogP contribution >= 0.6 is 0 Å². The van der Waals surface area contributed by atoms with Gasteiger partial charge in [-0.3, -0.25) is 9.59 Å². The van der Waals surface area contributed by atoms with E-state index in [1.165, 1.54) is 6.42 Å². The fraction of sp³-hybridized carbons (Fsp3) is 0.406. The summed E-state index contributed by atoms with van der Waals surface area (Å²) in [5, 5.41) is 11.8. The molecule has 2 aromatic carbocycles. The Morgan fingerprint density at radius 2 is 1.76 bits per heavy atom. The lowest BCUT2D eigenvalue weighted by atomic mass is 9.80. The highest BCUT2D eigenvalue weighted by Crippen LogP contribution is 2.35. The molecule has 1 aliphatic heterocycles. The molecule has 42 heavy (non-hydrogen) atoms. The summed E-state index contributed by atoms with van der Waals surface area (Å²) in [5.41, 5.74) is 1.68. The molecule has 7 nitrogen and oxygen atoms in total. The molecule has 10 heteroatoms. The Bertz CT molecular complexity index is 1450. The number of likely N-dealkylation sites (tertiary alicyclic amines) is 1. The fourth-order valence-corrected chi connectivity index (χ4v) is 5.92. The van der Waals surface area contributed by atoms with Gasteiger partial charge in [-0.25, -0.2) is 4.98 Å². The van der Waals surface area contributed by atoms with E-state index in [4.69, 9.17) is 4.42 Å². The average Bonchev–Trinajstić information content (AvgIpc) is 3.64. The molecule has 1 aromatic heterocycles. The molecule has 2 fully saturated rings. The third-order valence-electron chi connectivity index (χ3n) is 8.12. The first-order valence-electron chi connectivity index (χ1n) is 14.4. The van der Waals surface area contributed by atoms with E-state index in [9.17, 15) is 27.9 Å². The van der Waals surface area contributed by atoms with Gasteiger partial charge < -0.3 is 19.7 Å². The van der Waals surface area contributed by atoms with Gasteiger partial charge in [-0.15, -0.1) is 0 Å². The highest BCUT2D eigenvalue weighted by molar-refractivity contribution is 6.03. The number of oxazole rings is 1. The molecule has 1 aliphatic carbocycles. The van der Waals surface area contributed by atoms with Crippen LogP contribution in [0.3, 0.4) is 0 Å². The van der Waals surface area contributed by atoms with Crippen molar-refractivity contribution in [1.82, 2.24) is 9.88 Å². The van der Waals surface area contributed by atoms with Crippen molar-refractivity contribution in [2.24, 2.45) is 11.8 Å². The predicted octanol–water partition coefficient (Wildman–Crippen LogP) is 8.01. The number of anilines is 1. The molecule has 2 N–H and O–H groups in total. The van der Waals surface area contributed by atoms with Crippen molar-refractivity contribution in [3.8, 4) is 11.1 Å². The van der Waals surface area contributed by atoms with Gasteiger partial charge in [0.05, 0.1) is 12.0 Å². The Labute approximate surface area is 242 Å². The van der Waals surface area contributed by atoms with E-state index in [2.05, 4.69) is 17.2 Å². The second kappa shape index (κ2) is 12.4. The summed E-state index contributed by atoms with van der Waals surface area (Å²) in [4.78, 5) is 30.9. The number of halogens is 3. The van der Waals surface area contributed by atoms with Gasteiger partial charge >= 0.3 is 6.18 Å². The van der Waals surface area contributed by atoms with Crippen LogP contribution in [0.1, 0.15) is 84.4 Å². The Morgan fingerprint density at radius 3 is 2.40 bits per heavy atom. The molecule has 0 spiro atoms. The number of aliphatic hydroxyl groups is 1. The Morgan fingerprint density at radius 1 is 1.07 bits per heavy atom. The lowest BCUT2D eigenvalue weighted by molar-refractivity contribution is -0.141. The standard InChI is InChI=1S/C32H34F3N3O4/c1-20-4-2-5-21(18-20)7-16-27-37-29(32(33,34)35)28(42-27)30(40)36-25-14-12-23(13-15-25)22-8-10-24(11-9-22)31(41)38-17-3-6-26(38)19-39/h8-15,19-21,39H,2-7,16-18H2,1H3,(H,36,40)/b26-19+/t20?,21-/m1/s1. The second-order valence-corrected chi connectivity index (χ2v) is 11.2. The largest absolute Gasteiger partial charge is 0.514 e. The maximum absolute atomic E-state index is 13.7. The second-order valence-electron chi connectivity index (χ2n) is 11.2. The van der Waals surface area contributed by atoms with Crippen LogP contribution in [0, 0.1) is 11.8 Å². The predicted molar refractivity (Wildman–Crippen MR) is 152 cm³/mol. The number of rotatable bonds is 7. The van der Waals surface area contributed by atoms with E-state index >= 15 is 0 Å². The molecule has 2 amide bonds. The number of aryl methyl sites for hydroxylation is 1. The van der Waals surface area contributed by atoms with Crippen molar-refractivity contribution in [1.29, 1.82) is 0 Å². The summed E-state index contributed by atoms with van der Waals surface area (Å²) in [7, 11) is 0. The molecule has 222 valence electrons. The highest BCUT2D eigenvalue weighted by Gasteiger charge is 2.41. The van der Waals surface area contributed by atoms with Crippen LogP contribution in [0.2, 0.25) is 0 Å². The van der Waals surface area contributed by atoms with Crippen molar-refractivity contribution in [3.63, 3.8) is 0 Å². The van der Waals surface area contributed by atoms with Crippen LogP contribution in [0.25, 0.3) is 11.1 Å². The molecule has 2 atom stereocenters. The zero-order chi connectivity index (χ0) is 29.9. The van der Waals surface area contributed by atoms with Crippen molar-refractivity contribution >= 4 is 17.5 Å². The number of benzene rings is 2. The number of aromatic nitrogens is 1. The number of carbonyl (C=O) groups excluding carboxylic acids is 2. The summed E-state index contributed by atoms with van der Waals surface area (Å²) in [5.74, 6) is -1.08. The molecule has 3 aromatic rings. The van der Waals surface area contributed by atoms with Crippen LogP contribution in [0.4, 0.5) is 18.9 Å². The smallest absolute Gasteiger partial charge is 0.437 e. The monoisotopic (exact) mass is 581 g/mol. The number of nitrogens with zero attached hydrogens (tertiary/aromatic N) is 2. The van der Waals surface area contributed by atoms with Crippen molar-refractivity contribution < 1.29 is 32.3 Å². The van der Waals surface area contributed by atoms with Gasteiger partial charge in [0, 0.05) is 24.2 Å². The third-order valence-corrected chi connectivity index (χ3v) is 8.12. The van der Waals surface area contributed by atoms with Crippen LogP contribution in [-0.4, -0.2) is 33.3 Å². The maximum Gasteiger partial charge on any atom is 0.437 e. The van der Waals surface area contributed by atoms with E-state index in [0.29, 0.717) is 48.2 Å². The van der Waals surface area contributed by atoms with E-state index in [-0.39, 0.29) is 18.2 Å². The van der Waals surface area contributed by atoms with Gasteiger partial charge in [-0.1, -0.05) is 50.5 Å². The van der Waals surface area contributed by atoms with Crippen LogP contribution < -0.4 is 5.32 Å². The minimum absolute atomic E-state index is 0.0729. The molecule has 0 radical (unpaired) electrons. The molecule has 5 rings (SSSR count). The van der Waals surface area contributed by atoms with Crippen LogP contribution in [0.15, 0.2) is 64.9 Å². The van der Waals surface area contributed by atoms with Gasteiger partial charge in [-0.2, -0.15) is 13.2 Å². The van der Waals surface area contributed by atoms with E-state index in [1.807, 2.05) is 0 Å². The molecule has 0 bridgehead atoms. The SMILES string of the molecule is CC1CCC[C@H](CCc2nc(C(F)(F)F)c(C(=O)Nc3ccc(-c4ccc(C(=O)N5CCC/C5=C\O)cc4)cc3)o2)C1. The zero-order valence-electron chi connectivity index (χ0n) is 23.4. The quantitative estimate of drug-likeness (QED) is 0.276. The number of alkyl halides is 3. The average molecular weight is 582 g/mol. The summed E-state index contributed by atoms with van der Waals surface area (Å²) in [6.45, 7) is 2.74. The summed E-state index contributed by atoms with van der Waals surface area (Å²) < 4.78 is 46.5. The summed E-state index contributed by atoms with van der Waals surface area (Å²) in [6.07, 6.45) is 2.92. The van der Waals surface area contributed by atoms with E-state index in [1.54, 1.807) is 53.4 Å². The number of allylic oxidation sites excluding steroid dienone is 1. The first-order chi connectivity index (χ1) is 20.1. The molecule has 2 heterocycles. The fourth-order valence-electron chi connectivity index (χ4n) is 5.92. The normalized spacial score (nSPS) is 20.2. The van der Waals surface area contributed by atoms with Gasteiger partial charge in [-0.05, 0) is 72.9 Å². The van der Waals surface area contributed by atoms with Crippen molar-refractivity contribution in [3.05, 3.63) is 83.4 Å². The topological polar surface area (TPSA) is 95.7 Å². The number of hydrogen-bond donors (Lipinski definition) is 2. The Balaban J connectivity index is 1.24.